The second-order valence-corrected chi connectivity index (χ2v) is 4.26. The van der Waals surface area contributed by atoms with Crippen LogP contribution >= 0.6 is 11.6 Å². The molecule has 94 valence electrons. The minimum Gasteiger partial charge on any atom is -0.396 e. The molecular formula is C13H18ClNO2. The van der Waals surface area contributed by atoms with Crippen molar-refractivity contribution < 1.29 is 9.90 Å². The Morgan fingerprint density at radius 1 is 1.41 bits per heavy atom. The van der Waals surface area contributed by atoms with Crippen molar-refractivity contribution in [3.8, 4) is 0 Å². The maximum Gasteiger partial charge on any atom is 0.178 e. The summed E-state index contributed by atoms with van der Waals surface area (Å²) in [6.45, 7) is 4.01. The molecule has 4 heteroatoms. The molecule has 0 aromatic heterocycles. The van der Waals surface area contributed by atoms with Crippen LogP contribution in [0.1, 0.15) is 23.7 Å². The fourth-order valence-corrected chi connectivity index (χ4v) is 1.86. The van der Waals surface area contributed by atoms with Gasteiger partial charge in [0.05, 0.1) is 11.6 Å². The Hall–Kier alpha value is -0.900. The highest BCUT2D eigenvalue weighted by Gasteiger charge is 2.13. The molecule has 0 saturated heterocycles. The summed E-state index contributed by atoms with van der Waals surface area (Å²) in [7, 11) is 0. The fourth-order valence-electron chi connectivity index (χ4n) is 1.62. The van der Waals surface area contributed by atoms with Crippen LogP contribution in [0.2, 0.25) is 5.02 Å². The first kappa shape index (κ1) is 14.2. The van der Waals surface area contributed by atoms with Gasteiger partial charge in [0.25, 0.3) is 0 Å². The van der Waals surface area contributed by atoms with Crippen molar-refractivity contribution in [2.75, 3.05) is 26.2 Å². The normalized spacial score (nSPS) is 10.8. The molecule has 1 aromatic carbocycles. The van der Waals surface area contributed by atoms with Crippen LogP contribution in [0.15, 0.2) is 24.3 Å². The topological polar surface area (TPSA) is 40.5 Å². The molecule has 0 amide bonds. The molecule has 0 unspecified atom stereocenters. The number of carbonyl (C=O) groups excluding carboxylic acids is 1. The monoisotopic (exact) mass is 255 g/mol. The Labute approximate surface area is 107 Å². The minimum absolute atomic E-state index is 0.0235. The molecule has 1 aromatic rings. The third-order valence-electron chi connectivity index (χ3n) is 2.62. The highest BCUT2D eigenvalue weighted by atomic mass is 35.5. The quantitative estimate of drug-likeness (QED) is 0.760. The Morgan fingerprint density at radius 3 is 2.71 bits per heavy atom. The number of rotatable bonds is 7. The second-order valence-electron chi connectivity index (χ2n) is 3.85. The van der Waals surface area contributed by atoms with Crippen molar-refractivity contribution in [2.24, 2.45) is 0 Å². The Kier molecular flexibility index (Phi) is 6.19. The molecule has 0 saturated carbocycles. The van der Waals surface area contributed by atoms with E-state index in [0.717, 1.165) is 13.1 Å². The number of hydrogen-bond acceptors (Lipinski definition) is 3. The molecule has 0 spiro atoms. The first-order chi connectivity index (χ1) is 8.19. The lowest BCUT2D eigenvalue weighted by molar-refractivity contribution is 0.0928. The third-order valence-corrected chi connectivity index (χ3v) is 2.95. The van der Waals surface area contributed by atoms with Gasteiger partial charge in [0.15, 0.2) is 5.78 Å². The van der Waals surface area contributed by atoms with Crippen LogP contribution in [0.25, 0.3) is 0 Å². The van der Waals surface area contributed by atoms with E-state index in [0.29, 0.717) is 23.6 Å². The molecule has 0 atom stereocenters. The van der Waals surface area contributed by atoms with Gasteiger partial charge in [-0.05, 0) is 25.1 Å². The van der Waals surface area contributed by atoms with E-state index in [1.807, 2.05) is 24.0 Å². The lowest BCUT2D eigenvalue weighted by atomic mass is 10.1. The number of likely N-dealkylation sites (N-methyl/N-ethyl adjacent to an activating group) is 1. The predicted octanol–water partition coefficient (Wildman–Crippen LogP) is 2.23. The largest absolute Gasteiger partial charge is 0.396 e. The Balaban J connectivity index is 2.61. The van der Waals surface area contributed by atoms with Crippen LogP contribution in [-0.4, -0.2) is 42.0 Å². The first-order valence-electron chi connectivity index (χ1n) is 5.80. The van der Waals surface area contributed by atoms with Crippen molar-refractivity contribution in [2.45, 2.75) is 13.3 Å². The van der Waals surface area contributed by atoms with Gasteiger partial charge in [0.2, 0.25) is 0 Å². The number of carbonyl (C=O) groups is 1. The van der Waals surface area contributed by atoms with Gasteiger partial charge in [-0.25, -0.2) is 0 Å². The molecule has 0 bridgehead atoms. The zero-order valence-corrected chi connectivity index (χ0v) is 10.8. The summed E-state index contributed by atoms with van der Waals surface area (Å²) in [5.41, 5.74) is 0.566. The summed E-state index contributed by atoms with van der Waals surface area (Å²) in [5, 5.41) is 9.27. The number of benzene rings is 1. The lowest BCUT2D eigenvalue weighted by Gasteiger charge is -2.19. The van der Waals surface area contributed by atoms with E-state index >= 15 is 0 Å². The van der Waals surface area contributed by atoms with E-state index in [-0.39, 0.29) is 12.4 Å². The summed E-state index contributed by atoms with van der Waals surface area (Å²) in [6, 6.07) is 7.08. The van der Waals surface area contributed by atoms with Gasteiger partial charge in [-0.3, -0.25) is 9.69 Å². The van der Waals surface area contributed by atoms with E-state index < -0.39 is 0 Å². The standard InChI is InChI=1S/C13H18ClNO2/c1-2-15(8-5-9-16)10-13(17)11-6-3-4-7-12(11)14/h3-4,6-7,16H,2,5,8-10H2,1H3. The van der Waals surface area contributed by atoms with Crippen molar-refractivity contribution in [3.05, 3.63) is 34.9 Å². The second kappa shape index (κ2) is 7.43. The number of halogens is 1. The lowest BCUT2D eigenvalue weighted by Crippen LogP contribution is -2.31. The van der Waals surface area contributed by atoms with Crippen LogP contribution in [0.4, 0.5) is 0 Å². The van der Waals surface area contributed by atoms with Gasteiger partial charge >= 0.3 is 0 Å². The van der Waals surface area contributed by atoms with Crippen molar-refractivity contribution in [1.29, 1.82) is 0 Å². The summed E-state index contributed by atoms with van der Waals surface area (Å²) in [6.07, 6.45) is 0.684. The van der Waals surface area contributed by atoms with E-state index in [1.54, 1.807) is 12.1 Å². The van der Waals surface area contributed by atoms with Gasteiger partial charge in [-0.1, -0.05) is 30.7 Å². The molecule has 1 N–H and O–H groups in total. The Morgan fingerprint density at radius 2 is 2.12 bits per heavy atom. The van der Waals surface area contributed by atoms with E-state index in [4.69, 9.17) is 16.7 Å². The van der Waals surface area contributed by atoms with Crippen LogP contribution in [0.5, 0.6) is 0 Å². The summed E-state index contributed by atoms with van der Waals surface area (Å²) >= 11 is 5.97. The first-order valence-corrected chi connectivity index (χ1v) is 6.17. The Bertz CT molecular complexity index is 368. The third kappa shape index (κ3) is 4.46. The smallest absolute Gasteiger partial charge is 0.178 e. The molecule has 0 aliphatic rings. The average molecular weight is 256 g/mol. The SMILES string of the molecule is CCN(CCCO)CC(=O)c1ccccc1Cl. The van der Waals surface area contributed by atoms with E-state index in [2.05, 4.69) is 0 Å². The number of aliphatic hydroxyl groups is 1. The maximum atomic E-state index is 12.0. The highest BCUT2D eigenvalue weighted by molar-refractivity contribution is 6.34. The highest BCUT2D eigenvalue weighted by Crippen LogP contribution is 2.15. The molecule has 17 heavy (non-hydrogen) atoms. The predicted molar refractivity (Wildman–Crippen MR) is 69.6 cm³/mol. The molecule has 0 aliphatic heterocycles. The van der Waals surface area contributed by atoms with Crippen molar-refractivity contribution in [3.63, 3.8) is 0 Å². The van der Waals surface area contributed by atoms with Crippen molar-refractivity contribution >= 4 is 17.4 Å². The minimum atomic E-state index is 0.0235. The zero-order valence-electron chi connectivity index (χ0n) is 10.0. The van der Waals surface area contributed by atoms with Crippen LogP contribution < -0.4 is 0 Å². The van der Waals surface area contributed by atoms with Gasteiger partial charge in [0.1, 0.15) is 0 Å². The van der Waals surface area contributed by atoms with Crippen molar-refractivity contribution in [1.82, 2.24) is 4.90 Å². The van der Waals surface area contributed by atoms with E-state index in [1.165, 1.54) is 0 Å². The molecule has 0 aliphatic carbocycles. The number of nitrogens with zero attached hydrogens (tertiary/aromatic N) is 1. The fraction of sp³-hybridized carbons (Fsp3) is 0.462. The van der Waals surface area contributed by atoms with Crippen LogP contribution in [0, 0.1) is 0 Å². The zero-order chi connectivity index (χ0) is 12.7. The van der Waals surface area contributed by atoms with Gasteiger partial charge in [0, 0.05) is 18.7 Å². The number of ketones is 1. The molecular weight excluding hydrogens is 238 g/mol. The van der Waals surface area contributed by atoms with Gasteiger partial charge in [-0.2, -0.15) is 0 Å². The average Bonchev–Trinajstić information content (AvgIpc) is 2.34. The number of Topliss-reactive ketones (excluding diaryl/α,β-unsaturated/α-hetero) is 1. The van der Waals surface area contributed by atoms with Gasteiger partial charge < -0.3 is 5.11 Å². The maximum absolute atomic E-state index is 12.0. The summed E-state index contributed by atoms with van der Waals surface area (Å²) in [4.78, 5) is 14.0. The molecule has 3 nitrogen and oxygen atoms in total. The number of hydrogen-bond donors (Lipinski definition) is 1. The summed E-state index contributed by atoms with van der Waals surface area (Å²) in [5.74, 6) is 0.0235. The molecule has 1 rings (SSSR count). The number of aliphatic hydroxyl groups excluding tert-OH is 1. The molecule has 0 fully saturated rings. The summed E-state index contributed by atoms with van der Waals surface area (Å²) < 4.78 is 0. The van der Waals surface area contributed by atoms with E-state index in [9.17, 15) is 4.79 Å². The van der Waals surface area contributed by atoms with Crippen LogP contribution in [0.3, 0.4) is 0 Å². The molecule has 0 heterocycles. The van der Waals surface area contributed by atoms with Crippen LogP contribution in [-0.2, 0) is 0 Å². The molecule has 0 radical (unpaired) electrons. The van der Waals surface area contributed by atoms with Gasteiger partial charge in [-0.15, -0.1) is 0 Å².